The van der Waals surface area contributed by atoms with E-state index < -0.39 is 0 Å². The van der Waals surface area contributed by atoms with Crippen molar-refractivity contribution in [1.82, 2.24) is 10.2 Å². The van der Waals surface area contributed by atoms with Crippen molar-refractivity contribution in [3.05, 3.63) is 59.7 Å². The van der Waals surface area contributed by atoms with Crippen molar-refractivity contribution in [3.8, 4) is 5.75 Å². The van der Waals surface area contributed by atoms with Gasteiger partial charge in [0.2, 0.25) is 0 Å². The molecule has 0 heterocycles. The predicted molar refractivity (Wildman–Crippen MR) is 103 cm³/mol. The number of hydrogen-bond acceptors (Lipinski definition) is 3. The number of amides is 3. The molecule has 0 unspecified atom stereocenters. The Morgan fingerprint density at radius 2 is 1.81 bits per heavy atom. The smallest absolute Gasteiger partial charge is 0.319 e. The van der Waals surface area contributed by atoms with Gasteiger partial charge in [-0.25, -0.2) is 4.79 Å². The summed E-state index contributed by atoms with van der Waals surface area (Å²) in [7, 11) is 3.37. The van der Waals surface area contributed by atoms with Gasteiger partial charge in [0.25, 0.3) is 5.91 Å². The first-order valence-corrected chi connectivity index (χ1v) is 8.45. The molecule has 0 atom stereocenters. The number of nitrogens with one attached hydrogen (secondary N) is 2. The van der Waals surface area contributed by atoms with Gasteiger partial charge >= 0.3 is 6.03 Å². The Bertz CT molecular complexity index is 757. The van der Waals surface area contributed by atoms with Crippen LogP contribution in [0.1, 0.15) is 29.8 Å². The fraction of sp³-hybridized carbons (Fsp3) is 0.300. The highest BCUT2D eigenvalue weighted by molar-refractivity contribution is 5.95. The van der Waals surface area contributed by atoms with E-state index in [0.717, 1.165) is 11.3 Å². The van der Waals surface area contributed by atoms with E-state index in [-0.39, 0.29) is 18.0 Å². The van der Waals surface area contributed by atoms with E-state index in [1.54, 1.807) is 43.3 Å². The van der Waals surface area contributed by atoms with Crippen LogP contribution in [0.3, 0.4) is 0 Å². The molecular formula is C20H25N3O3. The van der Waals surface area contributed by atoms with Crippen molar-refractivity contribution in [3.63, 3.8) is 0 Å². The Morgan fingerprint density at radius 3 is 2.42 bits per heavy atom. The van der Waals surface area contributed by atoms with Crippen LogP contribution >= 0.6 is 0 Å². The molecule has 0 saturated carbocycles. The van der Waals surface area contributed by atoms with Crippen LogP contribution in [0.25, 0.3) is 0 Å². The molecule has 6 nitrogen and oxygen atoms in total. The minimum absolute atomic E-state index is 0.0566. The van der Waals surface area contributed by atoms with Crippen LogP contribution in [-0.2, 0) is 6.54 Å². The molecule has 2 N–H and O–H groups in total. The number of benzene rings is 2. The zero-order chi connectivity index (χ0) is 19.1. The minimum Gasteiger partial charge on any atom is -0.497 e. The number of rotatable bonds is 6. The second-order valence-electron chi connectivity index (χ2n) is 6.34. The van der Waals surface area contributed by atoms with E-state index in [9.17, 15) is 9.59 Å². The summed E-state index contributed by atoms with van der Waals surface area (Å²) in [6, 6.07) is 14.2. The molecule has 26 heavy (non-hydrogen) atoms. The monoisotopic (exact) mass is 355 g/mol. The highest BCUT2D eigenvalue weighted by atomic mass is 16.5. The van der Waals surface area contributed by atoms with Crippen LogP contribution in [0.2, 0.25) is 0 Å². The molecule has 0 spiro atoms. The van der Waals surface area contributed by atoms with E-state index in [4.69, 9.17) is 4.74 Å². The molecule has 2 aromatic carbocycles. The zero-order valence-corrected chi connectivity index (χ0v) is 15.6. The first-order valence-electron chi connectivity index (χ1n) is 8.45. The number of nitrogens with zero attached hydrogens (tertiary/aromatic N) is 1. The Hall–Kier alpha value is -3.02. The molecule has 0 radical (unpaired) electrons. The third kappa shape index (κ3) is 5.51. The molecule has 0 aromatic heterocycles. The Kier molecular flexibility index (Phi) is 6.60. The van der Waals surface area contributed by atoms with E-state index >= 15 is 0 Å². The molecule has 0 saturated heterocycles. The number of urea groups is 1. The summed E-state index contributed by atoms with van der Waals surface area (Å²) in [6.45, 7) is 4.26. The lowest BCUT2D eigenvalue weighted by molar-refractivity contribution is 0.0785. The van der Waals surface area contributed by atoms with Crippen molar-refractivity contribution in [2.45, 2.75) is 26.4 Å². The second-order valence-corrected chi connectivity index (χ2v) is 6.34. The van der Waals surface area contributed by atoms with Gasteiger partial charge in [-0.3, -0.25) is 4.79 Å². The number of anilines is 1. The molecule has 0 aliphatic carbocycles. The molecule has 2 rings (SSSR count). The molecule has 138 valence electrons. The number of carbonyl (C=O) groups excluding carboxylic acids is 2. The van der Waals surface area contributed by atoms with Crippen molar-refractivity contribution in [1.29, 1.82) is 0 Å². The molecule has 0 aliphatic rings. The predicted octanol–water partition coefficient (Wildman–Crippen LogP) is 3.50. The third-order valence-electron chi connectivity index (χ3n) is 3.71. The number of carbonyl (C=O) groups is 2. The van der Waals surface area contributed by atoms with Gasteiger partial charge in [0.1, 0.15) is 5.75 Å². The minimum atomic E-state index is -0.269. The molecule has 0 bridgehead atoms. The maximum Gasteiger partial charge on any atom is 0.319 e. The van der Waals surface area contributed by atoms with E-state index in [0.29, 0.717) is 17.8 Å². The van der Waals surface area contributed by atoms with Crippen LogP contribution in [0.4, 0.5) is 10.5 Å². The number of methoxy groups -OCH3 is 1. The molecule has 2 aromatic rings. The average Bonchev–Trinajstić information content (AvgIpc) is 2.61. The molecular weight excluding hydrogens is 330 g/mol. The quantitative estimate of drug-likeness (QED) is 0.833. The van der Waals surface area contributed by atoms with Gasteiger partial charge in [-0.05, 0) is 55.8 Å². The normalized spacial score (nSPS) is 10.3. The highest BCUT2D eigenvalue weighted by Gasteiger charge is 2.13. The van der Waals surface area contributed by atoms with E-state index in [1.165, 1.54) is 0 Å². The topological polar surface area (TPSA) is 70.7 Å². The lowest BCUT2D eigenvalue weighted by Gasteiger charge is -2.18. The number of hydrogen-bond donors (Lipinski definition) is 2. The summed E-state index contributed by atoms with van der Waals surface area (Å²) in [6.07, 6.45) is 0. The van der Waals surface area contributed by atoms with E-state index in [1.807, 2.05) is 38.1 Å². The summed E-state index contributed by atoms with van der Waals surface area (Å²) in [4.78, 5) is 25.9. The Morgan fingerprint density at radius 1 is 1.12 bits per heavy atom. The van der Waals surface area contributed by atoms with Gasteiger partial charge in [-0.15, -0.1) is 0 Å². The van der Waals surface area contributed by atoms with Gasteiger partial charge in [0.15, 0.2) is 0 Å². The first-order chi connectivity index (χ1) is 12.4. The summed E-state index contributed by atoms with van der Waals surface area (Å²) in [5.74, 6) is 0.671. The second kappa shape index (κ2) is 8.89. The van der Waals surface area contributed by atoms with Crippen LogP contribution in [0.15, 0.2) is 48.5 Å². The SMILES string of the molecule is COc1cccc(CN(C)C(=O)c2ccc(NC(=O)NC(C)C)cc2)c1. The lowest BCUT2D eigenvalue weighted by atomic mass is 10.1. The maximum atomic E-state index is 12.6. The number of ether oxygens (including phenoxy) is 1. The first kappa shape index (κ1) is 19.3. The van der Waals surface area contributed by atoms with Crippen molar-refractivity contribution >= 4 is 17.6 Å². The molecule has 3 amide bonds. The molecule has 0 fully saturated rings. The largest absolute Gasteiger partial charge is 0.497 e. The van der Waals surface area contributed by atoms with Crippen LogP contribution < -0.4 is 15.4 Å². The zero-order valence-electron chi connectivity index (χ0n) is 15.6. The summed E-state index contributed by atoms with van der Waals surface area (Å²) < 4.78 is 5.21. The van der Waals surface area contributed by atoms with E-state index in [2.05, 4.69) is 10.6 Å². The molecule has 0 aliphatic heterocycles. The summed E-state index contributed by atoms with van der Waals surface area (Å²) in [5.41, 5.74) is 2.18. The van der Waals surface area contributed by atoms with Gasteiger partial charge in [0, 0.05) is 30.9 Å². The Balaban J connectivity index is 1.98. The summed E-state index contributed by atoms with van der Waals surface area (Å²) in [5, 5.41) is 5.48. The van der Waals surface area contributed by atoms with Crippen molar-refractivity contribution in [2.24, 2.45) is 0 Å². The van der Waals surface area contributed by atoms with Crippen LogP contribution in [-0.4, -0.2) is 37.0 Å². The van der Waals surface area contributed by atoms with Gasteiger partial charge in [-0.2, -0.15) is 0 Å². The van der Waals surface area contributed by atoms with Crippen LogP contribution in [0.5, 0.6) is 5.75 Å². The molecule has 6 heteroatoms. The lowest BCUT2D eigenvalue weighted by Crippen LogP contribution is -2.34. The van der Waals surface area contributed by atoms with Gasteiger partial charge < -0.3 is 20.3 Å². The fourth-order valence-corrected chi connectivity index (χ4v) is 2.46. The summed E-state index contributed by atoms with van der Waals surface area (Å²) >= 11 is 0. The average molecular weight is 355 g/mol. The fourth-order valence-electron chi connectivity index (χ4n) is 2.46. The Labute approximate surface area is 154 Å². The van der Waals surface area contributed by atoms with Gasteiger partial charge in [0.05, 0.1) is 7.11 Å². The van der Waals surface area contributed by atoms with Crippen molar-refractivity contribution in [2.75, 3.05) is 19.5 Å². The van der Waals surface area contributed by atoms with Crippen molar-refractivity contribution < 1.29 is 14.3 Å². The standard InChI is InChI=1S/C20H25N3O3/c1-14(2)21-20(25)22-17-10-8-16(9-11-17)19(24)23(3)13-15-6-5-7-18(12-15)26-4/h5-12,14H,13H2,1-4H3,(H2,21,22,25). The highest BCUT2D eigenvalue weighted by Crippen LogP contribution is 2.16. The maximum absolute atomic E-state index is 12.6. The third-order valence-corrected chi connectivity index (χ3v) is 3.71. The van der Waals surface area contributed by atoms with Gasteiger partial charge in [-0.1, -0.05) is 12.1 Å². The van der Waals surface area contributed by atoms with Crippen LogP contribution in [0, 0.1) is 0 Å².